The van der Waals surface area contributed by atoms with Crippen LogP contribution in [0.3, 0.4) is 0 Å². The third kappa shape index (κ3) is 4.07. The van der Waals surface area contributed by atoms with Gasteiger partial charge >= 0.3 is 0 Å². The molecule has 2 aromatic carbocycles. The SMILES string of the molecule is Cc1cc(Cl)ccc1NC(=O)CCc1cccc(F)c1. The van der Waals surface area contributed by atoms with Crippen LogP contribution in [-0.4, -0.2) is 5.91 Å². The third-order valence-corrected chi connectivity index (χ3v) is 3.23. The van der Waals surface area contributed by atoms with Gasteiger partial charge in [-0.25, -0.2) is 4.39 Å². The number of carbonyl (C=O) groups excluding carboxylic acids is 1. The lowest BCUT2D eigenvalue weighted by molar-refractivity contribution is -0.116. The maximum absolute atomic E-state index is 13.0. The molecule has 2 rings (SSSR count). The van der Waals surface area contributed by atoms with Crippen molar-refractivity contribution in [3.63, 3.8) is 0 Å². The van der Waals surface area contributed by atoms with Crippen molar-refractivity contribution in [1.29, 1.82) is 0 Å². The Morgan fingerprint density at radius 3 is 2.75 bits per heavy atom. The Kier molecular flexibility index (Phi) is 4.74. The highest BCUT2D eigenvalue weighted by atomic mass is 35.5. The molecule has 20 heavy (non-hydrogen) atoms. The number of rotatable bonds is 4. The summed E-state index contributed by atoms with van der Waals surface area (Å²) in [6.07, 6.45) is 0.821. The number of benzene rings is 2. The van der Waals surface area contributed by atoms with Crippen LogP contribution < -0.4 is 5.32 Å². The Morgan fingerprint density at radius 1 is 1.25 bits per heavy atom. The van der Waals surface area contributed by atoms with Gasteiger partial charge in [-0.3, -0.25) is 4.79 Å². The molecule has 0 aromatic heterocycles. The van der Waals surface area contributed by atoms with Crippen molar-refractivity contribution in [1.82, 2.24) is 0 Å². The fourth-order valence-corrected chi connectivity index (χ4v) is 2.16. The summed E-state index contributed by atoms with van der Waals surface area (Å²) in [5.74, 6) is -0.379. The Morgan fingerprint density at radius 2 is 2.05 bits per heavy atom. The number of halogens is 2. The predicted octanol–water partition coefficient (Wildman–Crippen LogP) is 4.36. The van der Waals surface area contributed by atoms with E-state index in [9.17, 15) is 9.18 Å². The molecule has 0 bridgehead atoms. The van der Waals surface area contributed by atoms with Gasteiger partial charge in [0.15, 0.2) is 0 Å². The zero-order valence-electron chi connectivity index (χ0n) is 11.1. The van der Waals surface area contributed by atoms with E-state index in [0.29, 0.717) is 17.9 Å². The average molecular weight is 292 g/mol. The molecule has 0 saturated heterocycles. The van der Waals surface area contributed by atoms with Crippen molar-refractivity contribution in [2.24, 2.45) is 0 Å². The van der Waals surface area contributed by atoms with Gasteiger partial charge in [-0.1, -0.05) is 23.7 Å². The van der Waals surface area contributed by atoms with E-state index in [0.717, 1.165) is 16.8 Å². The van der Waals surface area contributed by atoms with Crippen LogP contribution in [0.5, 0.6) is 0 Å². The number of hydrogen-bond donors (Lipinski definition) is 1. The number of carbonyl (C=O) groups is 1. The summed E-state index contributed by atoms with van der Waals surface area (Å²) in [6, 6.07) is 11.6. The fourth-order valence-electron chi connectivity index (χ4n) is 1.93. The third-order valence-electron chi connectivity index (χ3n) is 2.99. The zero-order chi connectivity index (χ0) is 14.5. The van der Waals surface area contributed by atoms with Crippen molar-refractivity contribution in [3.05, 3.63) is 64.4 Å². The molecule has 2 aromatic rings. The second kappa shape index (κ2) is 6.53. The van der Waals surface area contributed by atoms with Gasteiger partial charge < -0.3 is 5.32 Å². The first-order valence-electron chi connectivity index (χ1n) is 6.35. The Balaban J connectivity index is 1.92. The summed E-state index contributed by atoms with van der Waals surface area (Å²) in [7, 11) is 0. The molecule has 0 aliphatic heterocycles. The number of amides is 1. The van der Waals surface area contributed by atoms with E-state index < -0.39 is 0 Å². The molecule has 0 atom stereocenters. The molecule has 0 radical (unpaired) electrons. The normalized spacial score (nSPS) is 10.3. The summed E-state index contributed by atoms with van der Waals surface area (Å²) in [6.45, 7) is 1.88. The zero-order valence-corrected chi connectivity index (χ0v) is 11.9. The minimum atomic E-state index is -0.281. The molecule has 104 valence electrons. The van der Waals surface area contributed by atoms with Gasteiger partial charge in [0.1, 0.15) is 5.82 Å². The minimum Gasteiger partial charge on any atom is -0.326 e. The topological polar surface area (TPSA) is 29.1 Å². The van der Waals surface area contributed by atoms with Gasteiger partial charge in [0.25, 0.3) is 0 Å². The first-order chi connectivity index (χ1) is 9.54. The Hall–Kier alpha value is -1.87. The smallest absolute Gasteiger partial charge is 0.224 e. The second-order valence-electron chi connectivity index (χ2n) is 4.64. The quantitative estimate of drug-likeness (QED) is 0.891. The Labute approximate surface area is 122 Å². The van der Waals surface area contributed by atoms with Crippen LogP contribution in [0.15, 0.2) is 42.5 Å². The highest BCUT2D eigenvalue weighted by Gasteiger charge is 2.06. The number of aryl methyl sites for hydroxylation is 2. The molecule has 0 saturated carbocycles. The van der Waals surface area contributed by atoms with Crippen LogP contribution in [0.25, 0.3) is 0 Å². The van der Waals surface area contributed by atoms with Gasteiger partial charge in [-0.2, -0.15) is 0 Å². The first kappa shape index (κ1) is 14.5. The van der Waals surface area contributed by atoms with Gasteiger partial charge in [0.2, 0.25) is 5.91 Å². The maximum atomic E-state index is 13.0. The molecule has 0 unspecified atom stereocenters. The largest absolute Gasteiger partial charge is 0.326 e. The molecular weight excluding hydrogens is 277 g/mol. The van der Waals surface area contributed by atoms with Crippen LogP contribution in [-0.2, 0) is 11.2 Å². The lowest BCUT2D eigenvalue weighted by atomic mass is 10.1. The molecule has 0 fully saturated rings. The van der Waals surface area contributed by atoms with Gasteiger partial charge in [-0.15, -0.1) is 0 Å². The summed E-state index contributed by atoms with van der Waals surface area (Å²) in [5.41, 5.74) is 2.48. The lowest BCUT2D eigenvalue weighted by Crippen LogP contribution is -2.13. The highest BCUT2D eigenvalue weighted by molar-refractivity contribution is 6.30. The van der Waals surface area contributed by atoms with Crippen molar-refractivity contribution in [2.75, 3.05) is 5.32 Å². The van der Waals surface area contributed by atoms with Crippen molar-refractivity contribution >= 4 is 23.2 Å². The highest BCUT2D eigenvalue weighted by Crippen LogP contribution is 2.19. The summed E-state index contributed by atoms with van der Waals surface area (Å²) in [4.78, 5) is 11.9. The van der Waals surface area contributed by atoms with Crippen molar-refractivity contribution in [2.45, 2.75) is 19.8 Å². The standard InChI is InChI=1S/C16H15ClFNO/c1-11-9-13(17)6-7-15(11)19-16(20)8-5-12-3-2-4-14(18)10-12/h2-4,6-7,9-10H,5,8H2,1H3,(H,19,20). The van der Waals surface area contributed by atoms with E-state index in [1.54, 1.807) is 24.3 Å². The Bertz CT molecular complexity index is 628. The molecule has 0 aliphatic rings. The van der Waals surface area contributed by atoms with Crippen LogP contribution in [0, 0.1) is 12.7 Å². The molecule has 0 aliphatic carbocycles. The van der Waals surface area contributed by atoms with E-state index in [1.807, 2.05) is 13.0 Å². The van der Waals surface area contributed by atoms with Crippen LogP contribution in [0.2, 0.25) is 5.02 Å². The maximum Gasteiger partial charge on any atom is 0.224 e. The minimum absolute atomic E-state index is 0.0975. The number of anilines is 1. The fraction of sp³-hybridized carbons (Fsp3) is 0.188. The van der Waals surface area contributed by atoms with E-state index in [-0.39, 0.29) is 11.7 Å². The average Bonchev–Trinajstić information content (AvgIpc) is 2.40. The van der Waals surface area contributed by atoms with E-state index in [4.69, 9.17) is 11.6 Å². The summed E-state index contributed by atoms with van der Waals surface area (Å²) < 4.78 is 13.0. The summed E-state index contributed by atoms with van der Waals surface area (Å²) >= 11 is 5.86. The van der Waals surface area contributed by atoms with Crippen molar-refractivity contribution < 1.29 is 9.18 Å². The first-order valence-corrected chi connectivity index (χ1v) is 6.73. The van der Waals surface area contributed by atoms with E-state index in [1.165, 1.54) is 12.1 Å². The number of nitrogens with one attached hydrogen (secondary N) is 1. The molecule has 2 nitrogen and oxygen atoms in total. The van der Waals surface area contributed by atoms with Crippen LogP contribution >= 0.6 is 11.6 Å². The molecule has 0 heterocycles. The van der Waals surface area contributed by atoms with Crippen molar-refractivity contribution in [3.8, 4) is 0 Å². The van der Waals surface area contributed by atoms with E-state index >= 15 is 0 Å². The predicted molar refractivity (Wildman–Crippen MR) is 79.5 cm³/mol. The molecule has 1 N–H and O–H groups in total. The molecule has 1 amide bonds. The molecular formula is C16H15ClFNO. The van der Waals surface area contributed by atoms with E-state index in [2.05, 4.69) is 5.32 Å². The molecule has 0 spiro atoms. The second-order valence-corrected chi connectivity index (χ2v) is 5.07. The van der Waals surface area contributed by atoms with Crippen LogP contribution in [0.1, 0.15) is 17.5 Å². The van der Waals surface area contributed by atoms with Gasteiger partial charge in [0, 0.05) is 17.1 Å². The van der Waals surface area contributed by atoms with Crippen LogP contribution in [0.4, 0.5) is 10.1 Å². The van der Waals surface area contributed by atoms with Gasteiger partial charge in [-0.05, 0) is 54.8 Å². The van der Waals surface area contributed by atoms with Gasteiger partial charge in [0.05, 0.1) is 0 Å². The molecule has 4 heteroatoms. The number of hydrogen-bond acceptors (Lipinski definition) is 1. The summed E-state index contributed by atoms with van der Waals surface area (Å²) in [5, 5.41) is 3.47. The lowest BCUT2D eigenvalue weighted by Gasteiger charge is -2.08. The monoisotopic (exact) mass is 291 g/mol.